The van der Waals surface area contributed by atoms with Crippen LogP contribution in [0.4, 0.5) is 51.2 Å². The fourth-order valence-electron chi connectivity index (χ4n) is 15.7. The zero-order valence-electron chi connectivity index (χ0n) is 54.6. The van der Waals surface area contributed by atoms with Crippen LogP contribution in [0.25, 0.3) is 11.1 Å². The lowest BCUT2D eigenvalue weighted by Gasteiger charge is -2.48. The third-order valence-corrected chi connectivity index (χ3v) is 21.3. The van der Waals surface area contributed by atoms with Crippen LogP contribution in [-0.4, -0.2) is 6.71 Å². The number of aryl methyl sites for hydroxylation is 1. The number of benzene rings is 8. The molecule has 0 N–H and O–H groups in total. The van der Waals surface area contributed by atoms with Gasteiger partial charge >= 0.3 is 0 Å². The molecule has 0 atom stereocenters. The zero-order chi connectivity index (χ0) is 60.0. The normalized spacial score (nSPS) is 18.2. The van der Waals surface area contributed by atoms with Crippen LogP contribution in [0.1, 0.15) is 213 Å². The van der Waals surface area contributed by atoms with Crippen molar-refractivity contribution < 1.29 is 0 Å². The van der Waals surface area contributed by atoms with Gasteiger partial charge < -0.3 is 14.7 Å². The van der Waals surface area contributed by atoms with Crippen molar-refractivity contribution in [2.24, 2.45) is 0 Å². The topological polar surface area (TPSA) is 9.72 Å². The van der Waals surface area contributed by atoms with Gasteiger partial charge in [-0.3, -0.25) is 0 Å². The van der Waals surface area contributed by atoms with E-state index in [0.29, 0.717) is 0 Å². The fraction of sp³-hybridized carbons (Fsp3) is 0.400. The number of hydrogen-bond acceptors (Lipinski definition) is 3. The Morgan fingerprint density at radius 1 is 0.381 bits per heavy atom. The van der Waals surface area contributed by atoms with Crippen LogP contribution in [0.5, 0.6) is 0 Å². The molecule has 0 bridgehead atoms. The first-order chi connectivity index (χ1) is 39.2. The predicted octanol–water partition coefficient (Wildman–Crippen LogP) is 20.4. The standard InChI is InChI=1S/C80H92BN3/c1-49-42-69-72-70(43-49)84(66-23-21-22-59-71(66)57-35-28-52(75(8,9)10)44-60(57)80(59,19)20)67-46-56(82(53-29-24-50(25-30-53)73(2,3)4)54-31-26-51(27-32-54)74(5,6)7)34-37-64(67)81(72)65-47-62-63(79(17,18)41-40-78(62,15)16)48-68(65)83(69)55-33-36-58-61(45-55)77(13,14)39-38-76(58,11)12/h21-37,42-48H,38-41H2,1-20H3. The summed E-state index contributed by atoms with van der Waals surface area (Å²) >= 11 is 0. The molecule has 0 spiro atoms. The van der Waals surface area contributed by atoms with E-state index in [2.05, 4.69) is 299 Å². The first kappa shape index (κ1) is 56.4. The smallest absolute Gasteiger partial charge is 0.252 e. The minimum atomic E-state index is -0.212. The van der Waals surface area contributed by atoms with E-state index in [1.165, 1.54) is 130 Å². The predicted molar refractivity (Wildman–Crippen MR) is 364 cm³/mol. The molecule has 0 amide bonds. The molecule has 0 unspecified atom stereocenters. The van der Waals surface area contributed by atoms with Crippen molar-refractivity contribution in [3.8, 4) is 11.1 Å². The van der Waals surface area contributed by atoms with E-state index in [9.17, 15) is 0 Å². The Bertz CT molecular complexity index is 3950. The summed E-state index contributed by atoms with van der Waals surface area (Å²) in [4.78, 5) is 7.95. The van der Waals surface area contributed by atoms with E-state index in [4.69, 9.17) is 0 Å². The van der Waals surface area contributed by atoms with Gasteiger partial charge in [0.15, 0.2) is 0 Å². The summed E-state index contributed by atoms with van der Waals surface area (Å²) in [6.07, 6.45) is 4.67. The molecule has 0 radical (unpaired) electrons. The second-order valence-electron chi connectivity index (χ2n) is 32.6. The van der Waals surface area contributed by atoms with Crippen molar-refractivity contribution in [2.45, 2.75) is 207 Å². The number of hydrogen-bond donors (Lipinski definition) is 0. The van der Waals surface area contributed by atoms with E-state index < -0.39 is 0 Å². The van der Waals surface area contributed by atoms with Gasteiger partial charge in [0, 0.05) is 56.5 Å². The molecule has 0 saturated heterocycles. The molecule has 8 aromatic carbocycles. The quantitative estimate of drug-likeness (QED) is 0.159. The van der Waals surface area contributed by atoms with Gasteiger partial charge in [0.25, 0.3) is 6.71 Å². The number of nitrogens with zero attached hydrogens (tertiary/aromatic N) is 3. The molecule has 2 aliphatic heterocycles. The van der Waals surface area contributed by atoms with E-state index in [1.54, 1.807) is 0 Å². The highest BCUT2D eigenvalue weighted by molar-refractivity contribution is 7.00. The van der Waals surface area contributed by atoms with Crippen LogP contribution >= 0.6 is 0 Å². The summed E-state index contributed by atoms with van der Waals surface area (Å²) in [6, 6.07) is 58.9. The summed E-state index contributed by atoms with van der Waals surface area (Å²) in [5.41, 5.74) is 31.8. The highest BCUT2D eigenvalue weighted by Gasteiger charge is 2.49. The van der Waals surface area contributed by atoms with Crippen LogP contribution in [0.2, 0.25) is 0 Å². The van der Waals surface area contributed by atoms with Crippen LogP contribution in [-0.2, 0) is 43.3 Å². The van der Waals surface area contributed by atoms with Crippen molar-refractivity contribution in [2.75, 3.05) is 14.7 Å². The highest BCUT2D eigenvalue weighted by atomic mass is 15.2. The van der Waals surface area contributed by atoms with Gasteiger partial charge in [0.05, 0.1) is 5.69 Å². The van der Waals surface area contributed by atoms with Gasteiger partial charge in [-0.05, 0) is 221 Å². The Morgan fingerprint density at radius 3 is 1.43 bits per heavy atom. The molecular weight excluding hydrogens is 1010 g/mol. The minimum absolute atomic E-state index is 0.0130. The van der Waals surface area contributed by atoms with Crippen LogP contribution in [0.3, 0.4) is 0 Å². The van der Waals surface area contributed by atoms with Gasteiger partial charge in [-0.15, -0.1) is 0 Å². The monoisotopic (exact) mass is 1110 g/mol. The molecule has 0 fully saturated rings. The third-order valence-electron chi connectivity index (χ3n) is 21.3. The molecule has 0 aromatic heterocycles. The lowest BCUT2D eigenvalue weighted by Crippen LogP contribution is -2.62. The molecule has 2 heterocycles. The molecule has 430 valence electrons. The van der Waals surface area contributed by atoms with Crippen molar-refractivity contribution in [3.05, 3.63) is 201 Å². The Balaban J connectivity index is 1.13. The van der Waals surface area contributed by atoms with Gasteiger partial charge in [0.2, 0.25) is 0 Å². The molecule has 3 aliphatic carbocycles. The van der Waals surface area contributed by atoms with E-state index in [0.717, 1.165) is 29.9 Å². The molecule has 13 rings (SSSR count). The number of rotatable bonds is 5. The van der Waals surface area contributed by atoms with Gasteiger partial charge in [0.1, 0.15) is 0 Å². The second kappa shape index (κ2) is 18.4. The summed E-state index contributed by atoms with van der Waals surface area (Å²) in [7, 11) is 0. The molecule has 0 saturated carbocycles. The highest BCUT2D eigenvalue weighted by Crippen LogP contribution is 2.58. The van der Waals surface area contributed by atoms with Crippen LogP contribution < -0.4 is 31.1 Å². The van der Waals surface area contributed by atoms with Crippen molar-refractivity contribution in [1.29, 1.82) is 0 Å². The average Bonchev–Trinajstić information content (AvgIpc) is 1.02. The maximum Gasteiger partial charge on any atom is 0.252 e. The molecule has 5 aliphatic rings. The summed E-state index contributed by atoms with van der Waals surface area (Å²) < 4.78 is 0. The van der Waals surface area contributed by atoms with E-state index in [1.807, 2.05) is 0 Å². The summed E-state index contributed by atoms with van der Waals surface area (Å²) in [6.45, 7) is 48.0. The first-order valence-electron chi connectivity index (χ1n) is 31.7. The van der Waals surface area contributed by atoms with Crippen molar-refractivity contribution >= 4 is 74.3 Å². The van der Waals surface area contributed by atoms with Crippen molar-refractivity contribution in [3.63, 3.8) is 0 Å². The lowest BCUT2D eigenvalue weighted by atomic mass is 9.33. The van der Waals surface area contributed by atoms with Gasteiger partial charge in [-0.25, -0.2) is 0 Å². The molecular formula is C80H92BN3. The summed E-state index contributed by atoms with van der Waals surface area (Å²) in [5, 5.41) is 0. The SMILES string of the molecule is Cc1cc2c3c(c1)N(c1cccc4c1-c1ccc(C(C)(C)C)cc1C4(C)C)c1cc(N(c4ccc(C(C)(C)C)cc4)c4ccc(C(C)(C)C)cc4)ccc1B3c1cc3c(cc1N2c1ccc2c(c1)C(C)(C)CCC2(C)C)C(C)(C)CCC3(C)C. The second-order valence-corrected chi connectivity index (χ2v) is 32.6. The Kier molecular flexibility index (Phi) is 12.3. The van der Waals surface area contributed by atoms with Crippen molar-refractivity contribution in [1.82, 2.24) is 0 Å². The molecule has 4 heteroatoms. The van der Waals surface area contributed by atoms with Crippen LogP contribution in [0, 0.1) is 6.92 Å². The minimum Gasteiger partial charge on any atom is -0.311 e. The molecule has 84 heavy (non-hydrogen) atoms. The first-order valence-corrected chi connectivity index (χ1v) is 31.7. The molecule has 8 aromatic rings. The number of fused-ring (bicyclic) bond motifs is 9. The Hall–Kier alpha value is -6.78. The Morgan fingerprint density at radius 2 is 0.869 bits per heavy atom. The average molecular weight is 1110 g/mol. The third kappa shape index (κ3) is 8.70. The zero-order valence-corrected chi connectivity index (χ0v) is 54.6. The maximum atomic E-state index is 2.72. The maximum absolute atomic E-state index is 2.72. The Labute approximate surface area is 506 Å². The van der Waals surface area contributed by atoms with Gasteiger partial charge in [-0.2, -0.15) is 0 Å². The number of anilines is 9. The van der Waals surface area contributed by atoms with E-state index >= 15 is 0 Å². The molecule has 3 nitrogen and oxygen atoms in total. The van der Waals surface area contributed by atoms with E-state index in [-0.39, 0.29) is 50.0 Å². The lowest BCUT2D eigenvalue weighted by molar-refractivity contribution is 0.332. The largest absolute Gasteiger partial charge is 0.311 e. The van der Waals surface area contributed by atoms with Crippen LogP contribution in [0.15, 0.2) is 146 Å². The summed E-state index contributed by atoms with van der Waals surface area (Å²) in [5.74, 6) is 0. The van der Waals surface area contributed by atoms with Gasteiger partial charge in [-0.1, -0.05) is 204 Å². The fourth-order valence-corrected chi connectivity index (χ4v) is 15.7.